The van der Waals surface area contributed by atoms with E-state index in [1.807, 2.05) is 0 Å². The zero-order valence-corrected chi connectivity index (χ0v) is 17.2. The number of halogens is 1. The van der Waals surface area contributed by atoms with E-state index in [-0.39, 0.29) is 12.4 Å². The van der Waals surface area contributed by atoms with Gasteiger partial charge in [0.1, 0.15) is 22.9 Å². The van der Waals surface area contributed by atoms with Crippen molar-refractivity contribution in [3.63, 3.8) is 0 Å². The van der Waals surface area contributed by atoms with Crippen LogP contribution in [0.2, 0.25) is 0 Å². The average Bonchev–Trinajstić information content (AvgIpc) is 3.31. The first kappa shape index (κ1) is 19.3. The van der Waals surface area contributed by atoms with Gasteiger partial charge in [0.05, 0.1) is 6.54 Å². The minimum atomic E-state index is 0. The number of hydrogen-bond donors (Lipinski definition) is 1. The Kier molecular flexibility index (Phi) is 5.41. The summed E-state index contributed by atoms with van der Waals surface area (Å²) in [7, 11) is 0. The molecule has 0 amide bonds. The highest BCUT2D eigenvalue weighted by Gasteiger charge is 2.20. The van der Waals surface area contributed by atoms with Crippen molar-refractivity contribution in [1.82, 2.24) is 9.38 Å². The van der Waals surface area contributed by atoms with Crippen molar-refractivity contribution in [1.29, 1.82) is 0 Å². The van der Waals surface area contributed by atoms with E-state index < -0.39 is 0 Å². The monoisotopic (exact) mass is 401 g/mol. The van der Waals surface area contributed by atoms with Crippen molar-refractivity contribution in [2.24, 2.45) is 0 Å². The Hall–Kier alpha value is -3.04. The maximum atomic E-state index is 3.66. The molecule has 0 atom stereocenters. The number of hydrogen-bond acceptors (Lipinski definition) is 0. The van der Waals surface area contributed by atoms with E-state index in [1.165, 1.54) is 40.6 Å². The van der Waals surface area contributed by atoms with Gasteiger partial charge in [-0.2, -0.15) is 4.40 Å². The minimum Gasteiger partial charge on any atom is -1.00 e. The number of nitrogens with one attached hydrogen (secondary N) is 1. The second-order valence-electron chi connectivity index (χ2n) is 7.30. The van der Waals surface area contributed by atoms with Crippen LogP contribution in [0.3, 0.4) is 0 Å². The fourth-order valence-electron chi connectivity index (χ4n) is 3.96. The summed E-state index contributed by atoms with van der Waals surface area (Å²) < 4.78 is 4.69. The van der Waals surface area contributed by atoms with E-state index in [0.717, 1.165) is 18.0 Å². The molecule has 0 fully saturated rings. The standard InChI is InChI=1S/C25H23N3.ClH/c1-2-3-17-27-23-11-7-8-12-24(23)28-18-22(26-25(27)28)21-15-13-20(14-16-21)19-9-5-4-6-10-19;/h4-16,18H,2-3,17H2,1H3;1H. The molecule has 3 aromatic carbocycles. The number of H-pyrrole nitrogens is 1. The van der Waals surface area contributed by atoms with Crippen LogP contribution in [0.4, 0.5) is 0 Å². The molecule has 0 bridgehead atoms. The van der Waals surface area contributed by atoms with Crippen LogP contribution in [0.1, 0.15) is 19.8 Å². The van der Waals surface area contributed by atoms with Gasteiger partial charge in [0.2, 0.25) is 0 Å². The summed E-state index contributed by atoms with van der Waals surface area (Å²) in [6.45, 7) is 3.27. The normalized spacial score (nSPS) is 11.1. The maximum absolute atomic E-state index is 3.66. The quantitative estimate of drug-likeness (QED) is 0.438. The molecule has 5 aromatic rings. The van der Waals surface area contributed by atoms with Gasteiger partial charge in [0.15, 0.2) is 0 Å². The Bertz CT molecular complexity index is 1230. The average molecular weight is 402 g/mol. The SMILES string of the molecule is CCCC[n+]1c2ccccc2n2cc(-c3ccc(-c4ccccc4)cc3)[nH]c21.[Cl-]. The molecule has 2 heterocycles. The number of fused-ring (bicyclic) bond motifs is 3. The van der Waals surface area contributed by atoms with Crippen LogP contribution in [0, 0.1) is 0 Å². The summed E-state index contributed by atoms with van der Waals surface area (Å²) in [6, 6.07) is 27.9. The van der Waals surface area contributed by atoms with E-state index in [0.29, 0.717) is 0 Å². The number of rotatable bonds is 5. The molecule has 0 saturated carbocycles. The van der Waals surface area contributed by atoms with E-state index >= 15 is 0 Å². The zero-order valence-electron chi connectivity index (χ0n) is 16.5. The molecule has 4 heteroatoms. The first-order valence-electron chi connectivity index (χ1n) is 10.0. The molecule has 0 aliphatic carbocycles. The summed E-state index contributed by atoms with van der Waals surface area (Å²) >= 11 is 0. The second-order valence-corrected chi connectivity index (χ2v) is 7.30. The second kappa shape index (κ2) is 8.14. The summed E-state index contributed by atoms with van der Waals surface area (Å²) in [5.41, 5.74) is 7.37. The Balaban J connectivity index is 0.00000205. The lowest BCUT2D eigenvalue weighted by Gasteiger charge is -2.02. The Morgan fingerprint density at radius 1 is 0.793 bits per heavy atom. The van der Waals surface area contributed by atoms with E-state index in [2.05, 4.69) is 106 Å². The first-order valence-corrected chi connectivity index (χ1v) is 10.0. The summed E-state index contributed by atoms with van der Waals surface area (Å²) in [5.74, 6) is 1.15. The largest absolute Gasteiger partial charge is 1.00 e. The van der Waals surface area contributed by atoms with Crippen LogP contribution >= 0.6 is 0 Å². The van der Waals surface area contributed by atoms with Crippen molar-refractivity contribution in [3.05, 3.63) is 85.1 Å². The number of benzene rings is 3. The van der Waals surface area contributed by atoms with E-state index in [4.69, 9.17) is 0 Å². The predicted molar refractivity (Wildman–Crippen MR) is 115 cm³/mol. The first-order chi connectivity index (χ1) is 13.8. The third-order valence-electron chi connectivity index (χ3n) is 5.46. The van der Waals surface area contributed by atoms with Crippen LogP contribution in [0.15, 0.2) is 85.1 Å². The van der Waals surface area contributed by atoms with Gasteiger partial charge in [-0.25, -0.2) is 9.55 Å². The fraction of sp³-hybridized carbons (Fsp3) is 0.160. The van der Waals surface area contributed by atoms with Gasteiger partial charge < -0.3 is 12.4 Å². The van der Waals surface area contributed by atoms with Crippen molar-refractivity contribution in [3.8, 4) is 22.4 Å². The van der Waals surface area contributed by atoms with Gasteiger partial charge in [-0.3, -0.25) is 0 Å². The summed E-state index contributed by atoms with van der Waals surface area (Å²) in [6.07, 6.45) is 4.58. The zero-order chi connectivity index (χ0) is 18.9. The lowest BCUT2D eigenvalue weighted by Crippen LogP contribution is -3.00. The molecule has 0 radical (unpaired) electrons. The summed E-state index contributed by atoms with van der Waals surface area (Å²) in [5, 5.41) is 0. The molecule has 0 aliphatic rings. The van der Waals surface area contributed by atoms with Crippen LogP contribution < -0.4 is 17.0 Å². The fourth-order valence-corrected chi connectivity index (χ4v) is 3.96. The van der Waals surface area contributed by atoms with Crippen molar-refractivity contribution >= 4 is 16.8 Å². The smallest absolute Gasteiger partial charge is 0.368 e. The van der Waals surface area contributed by atoms with Gasteiger partial charge >= 0.3 is 5.78 Å². The predicted octanol–water partition coefficient (Wildman–Crippen LogP) is 2.85. The highest BCUT2D eigenvalue weighted by atomic mass is 35.5. The van der Waals surface area contributed by atoms with Gasteiger partial charge in [0, 0.05) is 5.56 Å². The topological polar surface area (TPSA) is 24.1 Å². The minimum absolute atomic E-state index is 0. The lowest BCUT2D eigenvalue weighted by atomic mass is 10.0. The van der Waals surface area contributed by atoms with Crippen molar-refractivity contribution in [2.45, 2.75) is 26.3 Å². The summed E-state index contributed by atoms with van der Waals surface area (Å²) in [4.78, 5) is 3.66. The number of imidazole rings is 2. The number of aromatic nitrogens is 3. The van der Waals surface area contributed by atoms with Gasteiger partial charge in [-0.15, -0.1) is 0 Å². The van der Waals surface area contributed by atoms with Crippen LogP contribution in [0.5, 0.6) is 0 Å². The number of nitrogens with zero attached hydrogens (tertiary/aromatic N) is 2. The molecule has 0 saturated heterocycles. The van der Waals surface area contributed by atoms with Gasteiger partial charge in [-0.1, -0.05) is 80.1 Å². The van der Waals surface area contributed by atoms with Crippen LogP contribution in [-0.4, -0.2) is 9.38 Å². The van der Waals surface area contributed by atoms with Crippen LogP contribution in [0.25, 0.3) is 39.2 Å². The van der Waals surface area contributed by atoms with Crippen LogP contribution in [-0.2, 0) is 6.54 Å². The Morgan fingerprint density at radius 2 is 1.45 bits per heavy atom. The molecular formula is C25H24ClN3. The van der Waals surface area contributed by atoms with Gasteiger partial charge in [-0.05, 0) is 29.7 Å². The highest BCUT2D eigenvalue weighted by Crippen LogP contribution is 2.26. The molecule has 146 valence electrons. The molecule has 3 nitrogen and oxygen atoms in total. The molecule has 0 spiro atoms. The van der Waals surface area contributed by atoms with Crippen molar-refractivity contribution < 1.29 is 17.0 Å². The molecule has 2 aromatic heterocycles. The third kappa shape index (κ3) is 3.43. The Morgan fingerprint density at radius 3 is 2.21 bits per heavy atom. The number of unbranched alkanes of at least 4 members (excludes halogenated alkanes) is 1. The van der Waals surface area contributed by atoms with E-state index in [1.54, 1.807) is 0 Å². The molecule has 29 heavy (non-hydrogen) atoms. The van der Waals surface area contributed by atoms with Gasteiger partial charge in [0.25, 0.3) is 0 Å². The highest BCUT2D eigenvalue weighted by molar-refractivity contribution is 5.77. The molecule has 0 aliphatic heterocycles. The molecule has 5 rings (SSSR count). The number of aromatic amines is 1. The molecule has 0 unspecified atom stereocenters. The van der Waals surface area contributed by atoms with E-state index in [9.17, 15) is 0 Å². The third-order valence-corrected chi connectivity index (χ3v) is 5.46. The van der Waals surface area contributed by atoms with Crippen molar-refractivity contribution in [2.75, 3.05) is 0 Å². The number of aryl methyl sites for hydroxylation is 1. The Labute approximate surface area is 177 Å². The molecule has 1 N–H and O–H groups in total. The number of para-hydroxylation sites is 2. The molecular weight excluding hydrogens is 378 g/mol. The lowest BCUT2D eigenvalue weighted by molar-refractivity contribution is -0.648. The maximum Gasteiger partial charge on any atom is 0.368 e.